The number of aliphatic carboxylic acids is 2. The Labute approximate surface area is 211 Å². The van der Waals surface area contributed by atoms with Crippen molar-refractivity contribution in [2.45, 2.75) is 58.3 Å². The van der Waals surface area contributed by atoms with Crippen LogP contribution in [-0.4, -0.2) is 45.7 Å². The highest BCUT2D eigenvalue weighted by Crippen LogP contribution is 2.23. The van der Waals surface area contributed by atoms with Crippen LogP contribution in [-0.2, 0) is 22.4 Å². The minimum atomic E-state index is -1.19. The molecule has 0 aliphatic rings. The summed E-state index contributed by atoms with van der Waals surface area (Å²) in [6.07, 6.45) is 4.32. The van der Waals surface area contributed by atoms with Crippen LogP contribution < -0.4 is 5.32 Å². The fraction of sp³-hybridized carbons (Fsp3) is 0.429. The molecular formula is C28H35NO7. The Morgan fingerprint density at radius 1 is 0.750 bits per heavy atom. The quantitative estimate of drug-likeness (QED) is 0.247. The summed E-state index contributed by atoms with van der Waals surface area (Å²) in [5.74, 6) is -5.25. The second kappa shape index (κ2) is 14.7. The Kier molecular flexibility index (Phi) is 11.6. The molecule has 8 nitrogen and oxygen atoms in total. The van der Waals surface area contributed by atoms with Crippen LogP contribution in [0.25, 0.3) is 0 Å². The molecule has 2 aromatic carbocycles. The predicted molar refractivity (Wildman–Crippen MR) is 135 cm³/mol. The fourth-order valence-electron chi connectivity index (χ4n) is 4.21. The van der Waals surface area contributed by atoms with Gasteiger partial charge in [-0.2, -0.15) is 0 Å². The fourth-order valence-corrected chi connectivity index (χ4v) is 4.21. The number of carbonyl (C=O) groups excluding carboxylic acids is 1. The first-order valence-corrected chi connectivity index (χ1v) is 12.4. The summed E-state index contributed by atoms with van der Waals surface area (Å²) >= 11 is 0. The first-order valence-electron chi connectivity index (χ1n) is 12.4. The molecule has 0 saturated carbocycles. The standard InChI is InChI=1S/C28H35NO7/c1-2-7-19-11-13-20(14-12-19)15-16-22(27(33)34)18-21(26(31)32)8-5-6-17-29-25(30)23-9-3-4-10-24(23)28(35)36/h3-4,9-14,21-22H,2,5-8,15-18H2,1H3,(H,29,30)(H,31,32)(H,33,34)(H,35,36)/t21?,22-/m1/s1. The number of nitrogens with one attached hydrogen (secondary N) is 1. The average molecular weight is 498 g/mol. The van der Waals surface area contributed by atoms with E-state index < -0.39 is 35.7 Å². The molecule has 0 saturated heterocycles. The van der Waals surface area contributed by atoms with E-state index >= 15 is 0 Å². The van der Waals surface area contributed by atoms with Gasteiger partial charge in [0.2, 0.25) is 0 Å². The molecule has 0 spiro atoms. The van der Waals surface area contributed by atoms with Gasteiger partial charge < -0.3 is 20.6 Å². The zero-order valence-electron chi connectivity index (χ0n) is 20.6. The van der Waals surface area contributed by atoms with E-state index in [0.29, 0.717) is 32.1 Å². The highest BCUT2D eigenvalue weighted by atomic mass is 16.4. The molecule has 0 radical (unpaired) electrons. The highest BCUT2D eigenvalue weighted by Gasteiger charge is 2.26. The monoisotopic (exact) mass is 497 g/mol. The third-order valence-corrected chi connectivity index (χ3v) is 6.28. The predicted octanol–water partition coefficient (Wildman–Crippen LogP) is 4.66. The molecule has 36 heavy (non-hydrogen) atoms. The molecule has 2 aromatic rings. The third-order valence-electron chi connectivity index (χ3n) is 6.28. The maximum atomic E-state index is 12.3. The molecule has 0 bridgehead atoms. The van der Waals surface area contributed by atoms with Crippen molar-refractivity contribution in [1.29, 1.82) is 0 Å². The van der Waals surface area contributed by atoms with E-state index in [4.69, 9.17) is 0 Å². The van der Waals surface area contributed by atoms with Crippen molar-refractivity contribution in [3.8, 4) is 0 Å². The number of carboxylic acids is 3. The van der Waals surface area contributed by atoms with Crippen molar-refractivity contribution in [3.05, 3.63) is 70.8 Å². The van der Waals surface area contributed by atoms with Crippen LogP contribution in [0.15, 0.2) is 48.5 Å². The molecule has 1 unspecified atom stereocenters. The van der Waals surface area contributed by atoms with Crippen molar-refractivity contribution >= 4 is 23.8 Å². The summed E-state index contributed by atoms with van der Waals surface area (Å²) in [6, 6.07) is 14.0. The number of carbonyl (C=O) groups is 4. The van der Waals surface area contributed by atoms with Gasteiger partial charge in [0, 0.05) is 6.54 Å². The van der Waals surface area contributed by atoms with Crippen molar-refractivity contribution in [1.82, 2.24) is 5.32 Å². The molecular weight excluding hydrogens is 462 g/mol. The zero-order valence-corrected chi connectivity index (χ0v) is 20.6. The van der Waals surface area contributed by atoms with E-state index in [9.17, 15) is 34.5 Å². The zero-order chi connectivity index (χ0) is 26.5. The van der Waals surface area contributed by atoms with E-state index in [-0.39, 0.29) is 24.1 Å². The number of aromatic carboxylic acids is 1. The summed E-state index contributed by atoms with van der Waals surface area (Å²) in [7, 11) is 0. The number of rotatable bonds is 16. The van der Waals surface area contributed by atoms with Gasteiger partial charge in [0.15, 0.2) is 0 Å². The minimum Gasteiger partial charge on any atom is -0.481 e. The van der Waals surface area contributed by atoms with Gasteiger partial charge in [-0.3, -0.25) is 14.4 Å². The summed E-state index contributed by atoms with van der Waals surface area (Å²) in [6.45, 7) is 2.37. The number of aryl methyl sites for hydroxylation is 2. The van der Waals surface area contributed by atoms with Gasteiger partial charge >= 0.3 is 17.9 Å². The van der Waals surface area contributed by atoms with E-state index in [1.54, 1.807) is 12.1 Å². The van der Waals surface area contributed by atoms with Gasteiger partial charge in [0.05, 0.1) is 23.0 Å². The number of amides is 1. The first-order chi connectivity index (χ1) is 17.2. The van der Waals surface area contributed by atoms with Crippen molar-refractivity contribution < 1.29 is 34.5 Å². The molecule has 8 heteroatoms. The van der Waals surface area contributed by atoms with Crippen LogP contribution >= 0.6 is 0 Å². The number of hydrogen-bond donors (Lipinski definition) is 4. The summed E-state index contributed by atoms with van der Waals surface area (Å²) in [5.41, 5.74) is 2.26. The van der Waals surface area contributed by atoms with Gasteiger partial charge in [-0.25, -0.2) is 4.79 Å². The van der Waals surface area contributed by atoms with Crippen LogP contribution in [0.4, 0.5) is 0 Å². The van der Waals surface area contributed by atoms with Crippen LogP contribution in [0, 0.1) is 11.8 Å². The number of unbranched alkanes of at least 4 members (excludes halogenated alkanes) is 1. The van der Waals surface area contributed by atoms with Crippen molar-refractivity contribution in [2.24, 2.45) is 11.8 Å². The number of benzene rings is 2. The van der Waals surface area contributed by atoms with Crippen molar-refractivity contribution in [3.63, 3.8) is 0 Å². The molecule has 4 N–H and O–H groups in total. The molecule has 1 amide bonds. The topological polar surface area (TPSA) is 141 Å². The first kappa shape index (κ1) is 28.6. The maximum Gasteiger partial charge on any atom is 0.336 e. The van der Waals surface area contributed by atoms with Crippen LogP contribution in [0.1, 0.15) is 77.3 Å². The van der Waals surface area contributed by atoms with Gasteiger partial charge in [0.1, 0.15) is 0 Å². The smallest absolute Gasteiger partial charge is 0.336 e. The summed E-state index contributed by atoms with van der Waals surface area (Å²) < 4.78 is 0. The lowest BCUT2D eigenvalue weighted by Gasteiger charge is -2.18. The van der Waals surface area contributed by atoms with Crippen molar-refractivity contribution in [2.75, 3.05) is 6.54 Å². The van der Waals surface area contributed by atoms with E-state index in [1.165, 1.54) is 17.7 Å². The second-order valence-electron chi connectivity index (χ2n) is 9.01. The van der Waals surface area contributed by atoms with Gasteiger partial charge in [-0.1, -0.05) is 56.2 Å². The molecule has 2 atom stereocenters. The molecule has 0 heterocycles. The third kappa shape index (κ3) is 9.17. The molecule has 0 aromatic heterocycles. The lowest BCUT2D eigenvalue weighted by Crippen LogP contribution is -2.27. The van der Waals surface area contributed by atoms with Gasteiger partial charge in [0.25, 0.3) is 5.91 Å². The average Bonchev–Trinajstić information content (AvgIpc) is 2.85. The minimum absolute atomic E-state index is 0.0525. The van der Waals surface area contributed by atoms with Crippen LogP contribution in [0.3, 0.4) is 0 Å². The normalized spacial score (nSPS) is 12.5. The number of carboxylic acid groups (broad SMARTS) is 3. The molecule has 0 aliphatic carbocycles. The maximum absolute atomic E-state index is 12.3. The van der Waals surface area contributed by atoms with Gasteiger partial charge in [-0.05, 0) is 61.8 Å². The second-order valence-corrected chi connectivity index (χ2v) is 9.01. The van der Waals surface area contributed by atoms with E-state index in [0.717, 1.165) is 18.4 Å². The largest absolute Gasteiger partial charge is 0.481 e. The Morgan fingerprint density at radius 3 is 1.86 bits per heavy atom. The van der Waals surface area contributed by atoms with Crippen LogP contribution in [0.5, 0.6) is 0 Å². The lowest BCUT2D eigenvalue weighted by atomic mass is 9.87. The molecule has 194 valence electrons. The Balaban J connectivity index is 1.82. The van der Waals surface area contributed by atoms with E-state index in [1.807, 2.05) is 24.3 Å². The van der Waals surface area contributed by atoms with E-state index in [2.05, 4.69) is 12.2 Å². The van der Waals surface area contributed by atoms with Crippen LogP contribution in [0.2, 0.25) is 0 Å². The lowest BCUT2D eigenvalue weighted by molar-refractivity contribution is -0.146. The summed E-state index contributed by atoms with van der Waals surface area (Å²) in [4.78, 5) is 47.1. The SMILES string of the molecule is CCCc1ccc(CC[C@H](CC(CCCCNC(=O)c2ccccc2C(=O)O)C(=O)O)C(=O)O)cc1. The van der Waals surface area contributed by atoms with Gasteiger partial charge in [-0.15, -0.1) is 0 Å². The molecule has 0 fully saturated rings. The Bertz CT molecular complexity index is 1030. The highest BCUT2D eigenvalue weighted by molar-refractivity contribution is 6.04. The Morgan fingerprint density at radius 2 is 1.31 bits per heavy atom. The summed E-state index contributed by atoms with van der Waals surface area (Å²) in [5, 5.41) is 31.1. The Hall–Kier alpha value is -3.68. The number of hydrogen-bond acceptors (Lipinski definition) is 4. The molecule has 2 rings (SSSR count). The molecule has 0 aliphatic heterocycles.